The number of nitrogens with one attached hydrogen (secondary N) is 1. The van der Waals surface area contributed by atoms with Gasteiger partial charge in [0, 0.05) is 11.1 Å². The Morgan fingerprint density at radius 3 is 2.68 bits per heavy atom. The van der Waals surface area contributed by atoms with Crippen LogP contribution in [0, 0.1) is 4.77 Å². The zero-order valence-corrected chi connectivity index (χ0v) is 14.8. The number of para-hydroxylation sites is 1. The summed E-state index contributed by atoms with van der Waals surface area (Å²) >= 11 is 5.30. The van der Waals surface area contributed by atoms with Crippen LogP contribution >= 0.6 is 12.2 Å². The minimum absolute atomic E-state index is 0.413. The molecule has 0 saturated heterocycles. The summed E-state index contributed by atoms with van der Waals surface area (Å²) in [5, 5.41) is 11.5. The molecule has 0 aliphatic heterocycles. The van der Waals surface area contributed by atoms with Gasteiger partial charge in [-0.2, -0.15) is 14.9 Å². The monoisotopic (exact) mass is 354 g/mol. The van der Waals surface area contributed by atoms with E-state index in [1.54, 1.807) is 18.0 Å². The van der Waals surface area contributed by atoms with Crippen molar-refractivity contribution in [2.24, 2.45) is 5.10 Å². The lowest BCUT2D eigenvalue weighted by Gasteiger charge is -2.06. The second kappa shape index (κ2) is 7.76. The van der Waals surface area contributed by atoms with Gasteiger partial charge in [0.05, 0.1) is 19.9 Å². The van der Waals surface area contributed by atoms with E-state index in [4.69, 9.17) is 21.7 Å². The van der Waals surface area contributed by atoms with Gasteiger partial charge in [0.1, 0.15) is 11.5 Å². The fourth-order valence-electron chi connectivity index (χ4n) is 2.32. The fraction of sp³-hybridized carbons (Fsp3) is 0.167. The Bertz CT molecular complexity index is 929. The maximum absolute atomic E-state index is 5.61. The summed E-state index contributed by atoms with van der Waals surface area (Å²) < 4.78 is 12.8. The Balaban J connectivity index is 1.96. The molecule has 0 bridgehead atoms. The van der Waals surface area contributed by atoms with Gasteiger partial charge in [0.25, 0.3) is 0 Å². The number of ether oxygens (including phenoxy) is 2. The second-order valence-corrected chi connectivity index (χ2v) is 5.49. The molecule has 25 heavy (non-hydrogen) atoms. The molecule has 0 aliphatic rings. The number of methoxy groups -OCH3 is 1. The van der Waals surface area contributed by atoms with E-state index in [9.17, 15) is 0 Å². The van der Waals surface area contributed by atoms with Crippen LogP contribution in [-0.4, -0.2) is 34.8 Å². The molecule has 2 aromatic carbocycles. The van der Waals surface area contributed by atoms with Crippen molar-refractivity contribution in [2.45, 2.75) is 6.92 Å². The van der Waals surface area contributed by atoms with Crippen molar-refractivity contribution in [3.05, 3.63) is 58.9 Å². The summed E-state index contributed by atoms with van der Waals surface area (Å²) in [4.78, 5) is 0. The van der Waals surface area contributed by atoms with E-state index in [1.165, 1.54) is 0 Å². The highest BCUT2D eigenvalue weighted by Crippen LogP contribution is 2.21. The second-order valence-electron chi connectivity index (χ2n) is 5.11. The maximum Gasteiger partial charge on any atom is 0.216 e. The minimum atomic E-state index is 0.413. The molecular formula is C18H18N4O2S. The first kappa shape index (κ1) is 16.9. The summed E-state index contributed by atoms with van der Waals surface area (Å²) in [6, 6.07) is 15.2. The van der Waals surface area contributed by atoms with E-state index in [0.717, 1.165) is 22.6 Å². The van der Waals surface area contributed by atoms with E-state index < -0.39 is 0 Å². The van der Waals surface area contributed by atoms with Gasteiger partial charge in [-0.25, -0.2) is 5.10 Å². The van der Waals surface area contributed by atoms with Gasteiger partial charge in [0.15, 0.2) is 5.82 Å². The lowest BCUT2D eigenvalue weighted by Crippen LogP contribution is -1.98. The quantitative estimate of drug-likeness (QED) is 0.539. The largest absolute Gasteiger partial charge is 0.497 e. The van der Waals surface area contributed by atoms with Crippen LogP contribution in [0.3, 0.4) is 0 Å². The van der Waals surface area contributed by atoms with Crippen LogP contribution in [-0.2, 0) is 0 Å². The van der Waals surface area contributed by atoms with Crippen LogP contribution in [0.5, 0.6) is 11.5 Å². The molecule has 6 nitrogen and oxygen atoms in total. The van der Waals surface area contributed by atoms with Gasteiger partial charge in [-0.05, 0) is 55.5 Å². The number of aromatic nitrogens is 3. The summed E-state index contributed by atoms with van der Waals surface area (Å²) in [6.45, 7) is 2.54. The number of rotatable bonds is 6. The molecule has 0 amide bonds. The predicted molar refractivity (Wildman–Crippen MR) is 100 cm³/mol. The zero-order chi connectivity index (χ0) is 17.6. The summed E-state index contributed by atoms with van der Waals surface area (Å²) in [6.07, 6.45) is 1.71. The van der Waals surface area contributed by atoms with Crippen molar-refractivity contribution in [1.82, 2.24) is 14.9 Å². The Hall–Kier alpha value is -2.93. The topological polar surface area (TPSA) is 64.4 Å². The molecule has 0 saturated carbocycles. The van der Waals surface area contributed by atoms with Crippen LogP contribution in [0.2, 0.25) is 0 Å². The van der Waals surface area contributed by atoms with E-state index in [2.05, 4.69) is 15.3 Å². The third-order valence-electron chi connectivity index (χ3n) is 3.53. The molecule has 0 spiro atoms. The van der Waals surface area contributed by atoms with Gasteiger partial charge in [0.2, 0.25) is 4.77 Å². The molecule has 3 aromatic rings. The summed E-state index contributed by atoms with van der Waals surface area (Å²) in [5.74, 6) is 2.17. The van der Waals surface area contributed by atoms with E-state index >= 15 is 0 Å². The van der Waals surface area contributed by atoms with Gasteiger partial charge in [-0.1, -0.05) is 12.1 Å². The number of aromatic amines is 1. The fourth-order valence-corrected chi connectivity index (χ4v) is 2.50. The maximum atomic E-state index is 5.61. The lowest BCUT2D eigenvalue weighted by atomic mass is 10.2. The van der Waals surface area contributed by atoms with Crippen molar-refractivity contribution in [1.29, 1.82) is 0 Å². The van der Waals surface area contributed by atoms with Gasteiger partial charge in [-0.3, -0.25) is 0 Å². The van der Waals surface area contributed by atoms with Crippen molar-refractivity contribution < 1.29 is 9.47 Å². The predicted octanol–water partition coefficient (Wildman–Crippen LogP) is 3.90. The average molecular weight is 354 g/mol. The molecule has 0 atom stereocenters. The lowest BCUT2D eigenvalue weighted by molar-refractivity contribution is 0.340. The third-order valence-corrected chi connectivity index (χ3v) is 3.79. The Morgan fingerprint density at radius 2 is 1.96 bits per heavy atom. The minimum Gasteiger partial charge on any atom is -0.497 e. The first-order chi connectivity index (χ1) is 12.2. The average Bonchev–Trinajstić information content (AvgIpc) is 3.02. The Morgan fingerprint density at radius 1 is 1.20 bits per heavy atom. The molecular weight excluding hydrogens is 336 g/mol. The number of benzene rings is 2. The van der Waals surface area contributed by atoms with E-state index in [-0.39, 0.29) is 0 Å². The molecule has 0 aliphatic carbocycles. The van der Waals surface area contributed by atoms with Crippen LogP contribution in [0.4, 0.5) is 0 Å². The molecule has 3 rings (SSSR count). The Labute approximate surface area is 150 Å². The number of hydrogen-bond donors (Lipinski definition) is 1. The first-order valence-electron chi connectivity index (χ1n) is 7.81. The zero-order valence-electron chi connectivity index (χ0n) is 14.0. The first-order valence-corrected chi connectivity index (χ1v) is 8.21. The van der Waals surface area contributed by atoms with Crippen molar-refractivity contribution in [3.63, 3.8) is 0 Å². The molecule has 7 heteroatoms. The molecule has 0 unspecified atom stereocenters. The SMILES string of the molecule is CCOc1ccccc1/C=N\n1c(-c2ccc(OC)cc2)n[nH]c1=S. The van der Waals surface area contributed by atoms with Gasteiger partial charge < -0.3 is 9.47 Å². The molecule has 1 aromatic heterocycles. The highest BCUT2D eigenvalue weighted by molar-refractivity contribution is 7.71. The third kappa shape index (κ3) is 3.77. The van der Waals surface area contributed by atoms with Crippen LogP contribution in [0.1, 0.15) is 12.5 Å². The van der Waals surface area contributed by atoms with Crippen molar-refractivity contribution >= 4 is 18.4 Å². The van der Waals surface area contributed by atoms with Gasteiger partial charge >= 0.3 is 0 Å². The number of nitrogens with zero attached hydrogens (tertiary/aromatic N) is 3. The molecule has 0 radical (unpaired) electrons. The van der Waals surface area contributed by atoms with Crippen LogP contribution in [0.15, 0.2) is 53.6 Å². The highest BCUT2D eigenvalue weighted by atomic mass is 32.1. The Kier molecular flexibility index (Phi) is 5.25. The summed E-state index contributed by atoms with van der Waals surface area (Å²) in [7, 11) is 1.63. The summed E-state index contributed by atoms with van der Waals surface area (Å²) in [5.41, 5.74) is 1.75. The standard InChI is InChI=1S/C18H18N4O2S/c1-3-24-16-7-5-4-6-14(16)12-19-22-17(20-21-18(22)25)13-8-10-15(23-2)11-9-13/h4-12H,3H2,1-2H3,(H,21,25)/b19-12-. The van der Waals surface area contributed by atoms with E-state index in [0.29, 0.717) is 17.2 Å². The molecule has 1 heterocycles. The number of H-pyrrole nitrogens is 1. The normalized spacial score (nSPS) is 11.0. The van der Waals surface area contributed by atoms with Gasteiger partial charge in [-0.15, -0.1) is 0 Å². The van der Waals surface area contributed by atoms with Crippen molar-refractivity contribution in [3.8, 4) is 22.9 Å². The molecule has 0 fully saturated rings. The van der Waals surface area contributed by atoms with Crippen LogP contribution < -0.4 is 9.47 Å². The number of hydrogen-bond acceptors (Lipinski definition) is 5. The van der Waals surface area contributed by atoms with E-state index in [1.807, 2.05) is 55.5 Å². The molecule has 1 N–H and O–H groups in total. The van der Waals surface area contributed by atoms with Crippen molar-refractivity contribution in [2.75, 3.05) is 13.7 Å². The molecule has 128 valence electrons. The smallest absolute Gasteiger partial charge is 0.216 e. The van der Waals surface area contributed by atoms with Crippen LogP contribution in [0.25, 0.3) is 11.4 Å². The highest BCUT2D eigenvalue weighted by Gasteiger charge is 2.08.